The highest BCUT2D eigenvalue weighted by Gasteiger charge is 2.55. The van der Waals surface area contributed by atoms with Crippen molar-refractivity contribution in [2.75, 3.05) is 0 Å². The largest absolute Gasteiger partial charge is 0.481 e. The zero-order chi connectivity index (χ0) is 17.7. The molecule has 0 aromatic carbocycles. The molecule has 0 aliphatic heterocycles. The van der Waals surface area contributed by atoms with Gasteiger partial charge in [0.15, 0.2) is 0 Å². The summed E-state index contributed by atoms with van der Waals surface area (Å²) in [6.07, 6.45) is 10.2. The second kappa shape index (κ2) is 6.26. The topological polar surface area (TPSA) is 86.6 Å². The first kappa shape index (κ1) is 17.3. The summed E-state index contributed by atoms with van der Waals surface area (Å²) in [5.41, 5.74) is -0.829. The third-order valence-electron chi connectivity index (χ3n) is 7.54. The Hall–Kier alpha value is -1.10. The van der Waals surface area contributed by atoms with Crippen molar-refractivity contribution in [2.24, 2.45) is 23.2 Å². The molecule has 5 aliphatic carbocycles. The van der Waals surface area contributed by atoms with Crippen LogP contribution < -0.4 is 5.32 Å². The van der Waals surface area contributed by atoms with Crippen molar-refractivity contribution in [1.82, 2.24) is 5.32 Å². The number of carboxylic acid groups (broad SMARTS) is 1. The highest BCUT2D eigenvalue weighted by Crippen LogP contribution is 2.55. The molecule has 5 rings (SSSR count). The Balaban J connectivity index is 1.41. The molecule has 0 saturated heterocycles. The molecule has 5 nitrogen and oxygen atoms in total. The van der Waals surface area contributed by atoms with Crippen LogP contribution in [0.1, 0.15) is 77.0 Å². The molecule has 5 heteroatoms. The molecule has 2 unspecified atom stereocenters. The minimum atomic E-state index is -0.786. The molecular weight excluding hydrogens is 318 g/mol. The summed E-state index contributed by atoms with van der Waals surface area (Å²) in [6, 6.07) is 0.190. The fourth-order valence-corrected chi connectivity index (χ4v) is 6.83. The molecule has 0 heterocycles. The van der Waals surface area contributed by atoms with Gasteiger partial charge in [0.1, 0.15) is 0 Å². The maximum absolute atomic E-state index is 12.8. The van der Waals surface area contributed by atoms with Crippen LogP contribution >= 0.6 is 0 Å². The van der Waals surface area contributed by atoms with Crippen LogP contribution in [-0.4, -0.2) is 33.7 Å². The minimum Gasteiger partial charge on any atom is -0.481 e. The average Bonchev–Trinajstić information content (AvgIpc) is 2.49. The van der Waals surface area contributed by atoms with Gasteiger partial charge in [0.25, 0.3) is 0 Å². The lowest BCUT2D eigenvalue weighted by molar-refractivity contribution is -0.149. The summed E-state index contributed by atoms with van der Waals surface area (Å²) in [4.78, 5) is 24.1. The Labute approximate surface area is 149 Å². The number of hydrogen-bond acceptors (Lipinski definition) is 3. The Morgan fingerprint density at radius 3 is 2.16 bits per heavy atom. The van der Waals surface area contributed by atoms with Crippen molar-refractivity contribution in [2.45, 2.75) is 88.7 Å². The van der Waals surface area contributed by atoms with E-state index in [2.05, 4.69) is 5.32 Å². The third kappa shape index (κ3) is 3.44. The Morgan fingerprint density at radius 1 is 0.960 bits per heavy atom. The van der Waals surface area contributed by atoms with Crippen molar-refractivity contribution in [3.8, 4) is 0 Å². The highest BCUT2D eigenvalue weighted by atomic mass is 16.4. The van der Waals surface area contributed by atoms with Gasteiger partial charge in [-0.25, -0.2) is 0 Å². The number of aliphatic hydroxyl groups is 1. The first-order valence-electron chi connectivity index (χ1n) is 10.1. The zero-order valence-electron chi connectivity index (χ0n) is 15.0. The Morgan fingerprint density at radius 2 is 1.60 bits per heavy atom. The Kier molecular flexibility index (Phi) is 4.33. The van der Waals surface area contributed by atoms with E-state index in [1.807, 2.05) is 0 Å². The molecule has 5 aliphatic rings. The Bertz CT molecular complexity index is 538. The van der Waals surface area contributed by atoms with Crippen LogP contribution in [0.2, 0.25) is 0 Å². The van der Waals surface area contributed by atoms with Crippen molar-refractivity contribution in [1.29, 1.82) is 0 Å². The van der Waals surface area contributed by atoms with Gasteiger partial charge in [-0.05, 0) is 68.1 Å². The zero-order valence-corrected chi connectivity index (χ0v) is 15.0. The molecule has 0 spiro atoms. The maximum Gasteiger partial charge on any atom is 0.303 e. The fourth-order valence-electron chi connectivity index (χ4n) is 6.83. The SMILES string of the molecule is O=C(O)CC1(CC(=O)NC2C3CC4CC2CC(O)(C4)C3)CCCCC1. The van der Waals surface area contributed by atoms with Crippen LogP contribution in [0.4, 0.5) is 0 Å². The normalized spacial score (nSPS) is 41.5. The van der Waals surface area contributed by atoms with Crippen LogP contribution in [0.15, 0.2) is 0 Å². The maximum atomic E-state index is 12.8. The van der Waals surface area contributed by atoms with Crippen molar-refractivity contribution >= 4 is 11.9 Å². The third-order valence-corrected chi connectivity index (χ3v) is 7.54. The number of nitrogens with one attached hydrogen (secondary N) is 1. The van der Waals surface area contributed by atoms with Gasteiger partial charge in [-0.2, -0.15) is 0 Å². The predicted octanol–water partition coefficient (Wildman–Crippen LogP) is 2.86. The number of rotatable bonds is 5. The molecule has 0 radical (unpaired) electrons. The number of hydrogen-bond donors (Lipinski definition) is 3. The molecule has 2 atom stereocenters. The predicted molar refractivity (Wildman–Crippen MR) is 92.8 cm³/mol. The fraction of sp³-hybridized carbons (Fsp3) is 0.900. The van der Waals surface area contributed by atoms with Crippen LogP contribution in [-0.2, 0) is 9.59 Å². The van der Waals surface area contributed by atoms with E-state index in [9.17, 15) is 19.8 Å². The lowest BCUT2D eigenvalue weighted by atomic mass is 9.52. The van der Waals surface area contributed by atoms with Gasteiger partial charge in [0.2, 0.25) is 5.91 Å². The van der Waals surface area contributed by atoms with E-state index in [4.69, 9.17) is 0 Å². The van der Waals surface area contributed by atoms with E-state index in [0.29, 0.717) is 24.2 Å². The van der Waals surface area contributed by atoms with E-state index in [1.54, 1.807) is 0 Å². The lowest BCUT2D eigenvalue weighted by Crippen LogP contribution is -2.61. The van der Waals surface area contributed by atoms with Gasteiger partial charge in [-0.3, -0.25) is 9.59 Å². The van der Waals surface area contributed by atoms with Crippen LogP contribution in [0.25, 0.3) is 0 Å². The van der Waals surface area contributed by atoms with Crippen LogP contribution in [0, 0.1) is 23.2 Å². The standard InChI is InChI=1S/C20H31NO4/c22-16(11-19(12-17(23)24)4-2-1-3-5-19)21-18-14-6-13-7-15(18)10-20(25,8-13)9-14/h13-15,18,25H,1-12H2,(H,21,22)(H,23,24). The number of carbonyl (C=O) groups excluding carboxylic acids is 1. The van der Waals surface area contributed by atoms with Gasteiger partial charge in [0.05, 0.1) is 12.0 Å². The summed E-state index contributed by atoms with van der Waals surface area (Å²) in [6.45, 7) is 0. The van der Waals surface area contributed by atoms with E-state index in [1.165, 1.54) is 0 Å². The van der Waals surface area contributed by atoms with Gasteiger partial charge in [-0.15, -0.1) is 0 Å². The first-order valence-corrected chi connectivity index (χ1v) is 10.1. The first-order chi connectivity index (χ1) is 11.9. The minimum absolute atomic E-state index is 0.0348. The summed E-state index contributed by atoms with van der Waals surface area (Å²) in [5.74, 6) is 0.690. The average molecular weight is 349 g/mol. The summed E-state index contributed by atoms with van der Waals surface area (Å²) in [7, 11) is 0. The summed E-state index contributed by atoms with van der Waals surface area (Å²) >= 11 is 0. The number of carbonyl (C=O) groups is 2. The van der Waals surface area contributed by atoms with Crippen LogP contribution in [0.5, 0.6) is 0 Å². The molecule has 0 aromatic heterocycles. The lowest BCUT2D eigenvalue weighted by Gasteiger charge is -2.58. The smallest absolute Gasteiger partial charge is 0.303 e. The van der Waals surface area contributed by atoms with Gasteiger partial charge < -0.3 is 15.5 Å². The summed E-state index contributed by atoms with van der Waals surface area (Å²) < 4.78 is 0. The molecule has 140 valence electrons. The number of amides is 1. The molecule has 4 bridgehead atoms. The second-order valence-corrected chi connectivity index (χ2v) is 9.60. The van der Waals surface area contributed by atoms with Crippen LogP contribution in [0.3, 0.4) is 0 Å². The monoisotopic (exact) mass is 349 g/mol. The van der Waals surface area contributed by atoms with Crippen molar-refractivity contribution < 1.29 is 19.8 Å². The second-order valence-electron chi connectivity index (χ2n) is 9.60. The molecule has 3 N–H and O–H groups in total. The van der Waals surface area contributed by atoms with Crippen molar-refractivity contribution in [3.63, 3.8) is 0 Å². The summed E-state index contributed by atoms with van der Waals surface area (Å²) in [5, 5.41) is 23.3. The number of aliphatic carboxylic acids is 1. The van der Waals surface area contributed by atoms with E-state index in [-0.39, 0.29) is 23.8 Å². The molecule has 5 saturated carbocycles. The molecule has 1 amide bonds. The van der Waals surface area contributed by atoms with Gasteiger partial charge >= 0.3 is 5.97 Å². The highest BCUT2D eigenvalue weighted by molar-refractivity contribution is 5.78. The molecule has 25 heavy (non-hydrogen) atoms. The van der Waals surface area contributed by atoms with Gasteiger partial charge in [-0.1, -0.05) is 19.3 Å². The number of carboxylic acids is 1. The van der Waals surface area contributed by atoms with E-state index < -0.39 is 11.6 Å². The molecule has 0 aromatic rings. The van der Waals surface area contributed by atoms with Gasteiger partial charge in [0, 0.05) is 12.5 Å². The molecule has 5 fully saturated rings. The quantitative estimate of drug-likeness (QED) is 0.712. The van der Waals surface area contributed by atoms with E-state index in [0.717, 1.165) is 64.2 Å². The molecular formula is C20H31NO4. The van der Waals surface area contributed by atoms with E-state index >= 15 is 0 Å². The van der Waals surface area contributed by atoms with Crippen molar-refractivity contribution in [3.05, 3.63) is 0 Å².